The van der Waals surface area contributed by atoms with Crippen LogP contribution in [0.25, 0.3) is 11.1 Å². The molecule has 0 aromatic heterocycles. The second kappa shape index (κ2) is 23.8. The standard InChI is InChI=1S/C54H54Cl2N8O17/c1-20(2)11-30(58-3)48(71)63-43-45(69)22-6-9-34(28(55)13-22)80-36-15-24-16-37(47(36)79-4)81-35-10-7-23(14-29(35)56)46(70)44-53(76)62-42(54(77)78)27-17-25(65)18-33(67)39(27)26-12-21(5-8-32(26)66)40(50(73)64-44)61-51(74)41(24)60-49(72)31(19-38(57)68)59-52(43)75/h5-10,12-18,20,30-31,40-46,58,65-67,69-70H,11,19H2,1-4H3,(H2,57,68)(H,59,75)(H,60,72)(H,61,74)(H,62,76)(H,63,71)(H,64,73)(H,77,78)/t30-,31+,40-,41-,42-,43-,44+,45-,46-/m1/s1. The number of hydrogen-bond acceptors (Lipinski definition) is 17. The molecule has 5 aromatic rings. The van der Waals surface area contributed by atoms with Gasteiger partial charge in [0.15, 0.2) is 17.5 Å². The number of hydrogen-bond donors (Lipinski definition) is 14. The number of fused-ring (bicyclic) bond motifs is 15. The molecule has 9 atom stereocenters. The van der Waals surface area contributed by atoms with Gasteiger partial charge in [0, 0.05) is 22.8 Å². The first-order chi connectivity index (χ1) is 38.4. The third-order valence-electron chi connectivity index (χ3n) is 13.5. The molecule has 81 heavy (non-hydrogen) atoms. The van der Waals surface area contributed by atoms with E-state index in [1.165, 1.54) is 56.6 Å². The van der Waals surface area contributed by atoms with Crippen molar-refractivity contribution in [3.05, 3.63) is 117 Å². The monoisotopic (exact) mass is 1160 g/mol. The molecule has 0 aliphatic carbocycles. The third kappa shape index (κ3) is 12.3. The first-order valence-corrected chi connectivity index (χ1v) is 25.6. The summed E-state index contributed by atoms with van der Waals surface area (Å²) in [7, 11) is 2.73. The van der Waals surface area contributed by atoms with Crippen LogP contribution in [-0.2, 0) is 38.4 Å². The normalized spacial score (nSPS) is 22.3. The van der Waals surface area contributed by atoms with Gasteiger partial charge in [0.05, 0.1) is 29.6 Å². The van der Waals surface area contributed by atoms with Gasteiger partial charge >= 0.3 is 5.97 Å². The number of likely N-dealkylation sites (N-methyl/N-ethyl adjacent to an activating group) is 1. The van der Waals surface area contributed by atoms with Gasteiger partial charge < -0.3 is 87.8 Å². The van der Waals surface area contributed by atoms with Gasteiger partial charge in [-0.25, -0.2) is 4.79 Å². The number of carbonyl (C=O) groups excluding carboxylic acids is 7. The number of phenols is 3. The summed E-state index contributed by atoms with van der Waals surface area (Å²) >= 11 is 13.7. The molecule has 0 saturated heterocycles. The molecule has 0 fully saturated rings. The minimum absolute atomic E-state index is 0.0265. The van der Waals surface area contributed by atoms with Crippen molar-refractivity contribution >= 4 is 70.5 Å². The van der Waals surface area contributed by atoms with Gasteiger partial charge in [-0.2, -0.15) is 0 Å². The van der Waals surface area contributed by atoms with E-state index in [1.54, 1.807) is 0 Å². The Labute approximate surface area is 470 Å². The number of rotatable bonds is 9. The molecule has 25 nitrogen and oxygen atoms in total. The number of carboxylic acid groups (broad SMARTS) is 1. The van der Waals surface area contributed by atoms with E-state index in [0.717, 1.165) is 36.4 Å². The van der Waals surface area contributed by atoms with Gasteiger partial charge in [-0.1, -0.05) is 55.2 Å². The molecule has 15 N–H and O–H groups in total. The number of primary amides is 1. The molecular weight excluding hydrogens is 1100 g/mol. The molecular formula is C54H54Cl2N8O17. The van der Waals surface area contributed by atoms with Gasteiger partial charge in [-0.05, 0) is 96.2 Å². The summed E-state index contributed by atoms with van der Waals surface area (Å²) in [5.41, 5.74) is 3.56. The Bertz CT molecular complexity index is 3400. The Morgan fingerprint density at radius 1 is 0.679 bits per heavy atom. The van der Waals surface area contributed by atoms with E-state index in [0.29, 0.717) is 0 Å². The smallest absolute Gasteiger partial charge is 0.330 e. The summed E-state index contributed by atoms with van der Waals surface area (Å²) in [6.45, 7) is 3.70. The highest BCUT2D eigenvalue weighted by Crippen LogP contribution is 2.48. The van der Waals surface area contributed by atoms with Crippen molar-refractivity contribution in [3.8, 4) is 57.1 Å². The number of halogens is 2. The van der Waals surface area contributed by atoms with E-state index < -0.39 is 142 Å². The molecule has 426 valence electrons. The maximum Gasteiger partial charge on any atom is 0.330 e. The van der Waals surface area contributed by atoms with Crippen molar-refractivity contribution in [2.45, 2.75) is 81.2 Å². The van der Waals surface area contributed by atoms with Crippen LogP contribution in [0.1, 0.15) is 84.8 Å². The first kappa shape index (κ1) is 58.3. The van der Waals surface area contributed by atoms with E-state index in [2.05, 4.69) is 37.2 Å². The van der Waals surface area contributed by atoms with Crippen LogP contribution in [0.3, 0.4) is 0 Å². The van der Waals surface area contributed by atoms with E-state index in [9.17, 15) is 59.4 Å². The SMILES string of the molecule is CN[C@H](CC(C)C)C(=O)N[C@H]1C(=O)N[C@@H](CC(N)=O)C(=O)N[C@H]2C(=O)N[C@H]3C(=O)N[C@H](C(=O)N[C@@H](C(=O)O)c4cc(O)cc(O)c4-c4cc3ccc4O)[C@H](O)c3ccc(c(Cl)c3)Oc3cc2cc(c3OC)Oc2ccc(cc2Cl)[C@H]1O. The summed E-state index contributed by atoms with van der Waals surface area (Å²) in [6.07, 6.45) is -4.69. The number of phenolic OH excluding ortho intramolecular Hbond substituents is 3. The van der Waals surface area contributed by atoms with Gasteiger partial charge in [0.2, 0.25) is 47.1 Å². The maximum absolute atomic E-state index is 15.5. The predicted octanol–water partition coefficient (Wildman–Crippen LogP) is 2.70. The molecule has 27 heteroatoms. The highest BCUT2D eigenvalue weighted by atomic mass is 35.5. The number of aliphatic hydroxyl groups is 2. The van der Waals surface area contributed by atoms with Crippen LogP contribution in [0.2, 0.25) is 10.0 Å². The zero-order valence-corrected chi connectivity index (χ0v) is 44.7. The first-order valence-electron chi connectivity index (χ1n) is 24.8. The average Bonchev–Trinajstić information content (AvgIpc) is 3.61. The quantitative estimate of drug-likeness (QED) is 0.101. The molecule has 7 amide bonds. The van der Waals surface area contributed by atoms with Gasteiger partial charge in [0.1, 0.15) is 71.2 Å². The Morgan fingerprint density at radius 3 is 1.83 bits per heavy atom. The second-order valence-corrected chi connectivity index (χ2v) is 20.4. The van der Waals surface area contributed by atoms with Crippen LogP contribution < -0.4 is 57.2 Å². The van der Waals surface area contributed by atoms with Crippen molar-refractivity contribution < 1.29 is 83.2 Å². The molecule has 10 rings (SSSR count). The van der Waals surface area contributed by atoms with Crippen LogP contribution in [0.15, 0.2) is 78.9 Å². The van der Waals surface area contributed by atoms with E-state index >= 15 is 9.59 Å². The number of aliphatic carboxylic acids is 1. The summed E-state index contributed by atoms with van der Waals surface area (Å²) < 4.78 is 18.5. The van der Waals surface area contributed by atoms with E-state index in [4.69, 9.17) is 43.1 Å². The fourth-order valence-electron chi connectivity index (χ4n) is 9.53. The lowest BCUT2D eigenvalue weighted by molar-refractivity contribution is -0.143. The highest BCUT2D eigenvalue weighted by Gasteiger charge is 2.42. The maximum atomic E-state index is 15.5. The molecule has 5 aromatic carbocycles. The van der Waals surface area contributed by atoms with Crippen molar-refractivity contribution in [1.29, 1.82) is 0 Å². The molecule has 5 aliphatic heterocycles. The lowest BCUT2D eigenvalue weighted by atomic mass is 9.89. The largest absolute Gasteiger partial charge is 0.508 e. The average molecular weight is 1160 g/mol. The fraction of sp³-hybridized carbons (Fsp3) is 0.296. The third-order valence-corrected chi connectivity index (χ3v) is 14.1. The number of nitrogens with two attached hydrogens (primary N) is 1. The zero-order valence-electron chi connectivity index (χ0n) is 43.2. The number of amides is 7. The number of aliphatic hydroxyl groups excluding tert-OH is 2. The number of methoxy groups -OCH3 is 1. The van der Waals surface area contributed by atoms with E-state index in [1.807, 2.05) is 13.8 Å². The Balaban J connectivity index is 1.37. The molecule has 0 radical (unpaired) electrons. The van der Waals surface area contributed by atoms with E-state index in [-0.39, 0.29) is 73.4 Å². The topological polar surface area (TPSA) is 396 Å². The molecule has 0 spiro atoms. The van der Waals surface area contributed by atoms with Crippen LogP contribution in [0.5, 0.6) is 46.0 Å². The lowest BCUT2D eigenvalue weighted by Crippen LogP contribution is -2.59. The van der Waals surface area contributed by atoms with Crippen molar-refractivity contribution in [2.24, 2.45) is 11.7 Å². The molecule has 5 aliphatic rings. The number of carbonyl (C=O) groups is 8. The summed E-state index contributed by atoms with van der Waals surface area (Å²) in [5, 5.41) is 84.8. The highest BCUT2D eigenvalue weighted by molar-refractivity contribution is 6.32. The Morgan fingerprint density at radius 2 is 1.26 bits per heavy atom. The van der Waals surface area contributed by atoms with Crippen LogP contribution in [-0.4, -0.2) is 116 Å². The predicted molar refractivity (Wildman–Crippen MR) is 285 cm³/mol. The Hall–Kier alpha value is -8.88. The summed E-state index contributed by atoms with van der Waals surface area (Å²) in [6, 6.07) is 1.48. The zero-order chi connectivity index (χ0) is 58.9. The van der Waals surface area contributed by atoms with Gasteiger partial charge in [-0.15, -0.1) is 0 Å². The molecule has 5 heterocycles. The van der Waals surface area contributed by atoms with Crippen molar-refractivity contribution in [2.75, 3.05) is 14.2 Å². The molecule has 0 saturated carbocycles. The van der Waals surface area contributed by atoms with Gasteiger partial charge in [-0.3, -0.25) is 33.6 Å². The van der Waals surface area contributed by atoms with Crippen LogP contribution in [0.4, 0.5) is 0 Å². The number of carboxylic acids is 1. The number of nitrogens with one attached hydrogen (secondary N) is 7. The van der Waals surface area contributed by atoms with Crippen LogP contribution >= 0.6 is 23.2 Å². The van der Waals surface area contributed by atoms with Gasteiger partial charge in [0.25, 0.3) is 0 Å². The number of aromatic hydroxyl groups is 3. The number of benzene rings is 5. The summed E-state index contributed by atoms with van der Waals surface area (Å²) in [4.78, 5) is 114. The van der Waals surface area contributed by atoms with Crippen molar-refractivity contribution in [1.82, 2.24) is 37.2 Å². The van der Waals surface area contributed by atoms with Crippen LogP contribution in [0, 0.1) is 5.92 Å². The second-order valence-electron chi connectivity index (χ2n) is 19.6. The minimum atomic E-state index is -2.17. The fourth-order valence-corrected chi connectivity index (χ4v) is 9.99. The molecule has 11 bridgehead atoms. The number of ether oxygens (including phenoxy) is 3. The Kier molecular flexibility index (Phi) is 17.1. The van der Waals surface area contributed by atoms with Crippen molar-refractivity contribution in [3.63, 3.8) is 0 Å². The summed E-state index contributed by atoms with van der Waals surface area (Å²) in [5.74, 6) is -13.4. The lowest BCUT2D eigenvalue weighted by Gasteiger charge is -2.31. The minimum Gasteiger partial charge on any atom is -0.508 e. The molecule has 0 unspecified atom stereocenters.